The molecule has 1 amide bonds. The molecule has 0 saturated heterocycles. The van der Waals surface area contributed by atoms with Crippen molar-refractivity contribution in [2.24, 2.45) is 5.10 Å². The third-order valence-corrected chi connectivity index (χ3v) is 2.61. The SMILES string of the molecule is CCN1CC(NC(=O)c2ccc(F)cc2)C=N1. The molecule has 1 aliphatic rings. The summed E-state index contributed by atoms with van der Waals surface area (Å²) < 4.78 is 12.7. The summed E-state index contributed by atoms with van der Waals surface area (Å²) in [5.41, 5.74) is 0.453. The summed E-state index contributed by atoms with van der Waals surface area (Å²) in [6, 6.07) is 5.40. The van der Waals surface area contributed by atoms with Gasteiger partial charge in [-0.2, -0.15) is 5.10 Å². The van der Waals surface area contributed by atoms with Crippen molar-refractivity contribution >= 4 is 12.1 Å². The summed E-state index contributed by atoms with van der Waals surface area (Å²) in [6.45, 7) is 3.50. The fraction of sp³-hybridized carbons (Fsp3) is 0.333. The molecule has 4 nitrogen and oxygen atoms in total. The van der Waals surface area contributed by atoms with Gasteiger partial charge in [0.2, 0.25) is 0 Å². The molecule has 1 atom stereocenters. The van der Waals surface area contributed by atoms with E-state index in [1.165, 1.54) is 24.3 Å². The maximum absolute atomic E-state index is 12.7. The molecule has 0 spiro atoms. The van der Waals surface area contributed by atoms with Gasteiger partial charge in [0.15, 0.2) is 0 Å². The number of rotatable bonds is 3. The Morgan fingerprint density at radius 1 is 1.53 bits per heavy atom. The number of likely N-dealkylation sites (N-methyl/N-ethyl adjacent to an activating group) is 1. The maximum atomic E-state index is 12.7. The molecule has 1 aromatic rings. The van der Waals surface area contributed by atoms with Gasteiger partial charge < -0.3 is 5.32 Å². The van der Waals surface area contributed by atoms with E-state index in [4.69, 9.17) is 0 Å². The van der Waals surface area contributed by atoms with Crippen molar-refractivity contribution in [3.63, 3.8) is 0 Å². The van der Waals surface area contributed by atoms with E-state index in [9.17, 15) is 9.18 Å². The predicted octanol–water partition coefficient (Wildman–Crippen LogP) is 1.25. The molecule has 90 valence electrons. The number of halogens is 1. The predicted molar refractivity (Wildman–Crippen MR) is 63.4 cm³/mol. The summed E-state index contributed by atoms with van der Waals surface area (Å²) >= 11 is 0. The van der Waals surface area contributed by atoms with Gasteiger partial charge in [-0.15, -0.1) is 0 Å². The first-order valence-corrected chi connectivity index (χ1v) is 5.54. The molecule has 1 aliphatic heterocycles. The Hall–Kier alpha value is -1.91. The van der Waals surface area contributed by atoms with Crippen LogP contribution in [0.25, 0.3) is 0 Å². The first-order chi connectivity index (χ1) is 8.19. The van der Waals surface area contributed by atoms with E-state index in [-0.39, 0.29) is 17.8 Å². The number of carbonyl (C=O) groups excluding carboxylic acids is 1. The monoisotopic (exact) mass is 235 g/mol. The maximum Gasteiger partial charge on any atom is 0.251 e. The summed E-state index contributed by atoms with van der Waals surface area (Å²) in [7, 11) is 0. The molecule has 0 aromatic heterocycles. The highest BCUT2D eigenvalue weighted by molar-refractivity contribution is 5.96. The first kappa shape index (κ1) is 11.6. The van der Waals surface area contributed by atoms with Crippen LogP contribution in [0.5, 0.6) is 0 Å². The van der Waals surface area contributed by atoms with Crippen LogP contribution >= 0.6 is 0 Å². The van der Waals surface area contributed by atoms with Crippen LogP contribution in [0.1, 0.15) is 17.3 Å². The number of benzene rings is 1. The van der Waals surface area contributed by atoms with Crippen LogP contribution in [-0.4, -0.2) is 36.3 Å². The van der Waals surface area contributed by atoms with E-state index in [0.29, 0.717) is 12.1 Å². The van der Waals surface area contributed by atoms with Gasteiger partial charge in [-0.05, 0) is 31.2 Å². The van der Waals surface area contributed by atoms with Gasteiger partial charge in [0.05, 0.1) is 12.6 Å². The molecule has 0 bridgehead atoms. The molecule has 1 unspecified atom stereocenters. The minimum absolute atomic E-state index is 0.0764. The number of hydrazone groups is 1. The highest BCUT2D eigenvalue weighted by Crippen LogP contribution is 2.05. The molecular formula is C12H14FN3O. The zero-order valence-electron chi connectivity index (χ0n) is 9.56. The van der Waals surface area contributed by atoms with Gasteiger partial charge in [-0.3, -0.25) is 9.80 Å². The minimum Gasteiger partial charge on any atom is -0.342 e. The minimum atomic E-state index is -0.346. The highest BCUT2D eigenvalue weighted by Gasteiger charge is 2.18. The fourth-order valence-electron chi connectivity index (χ4n) is 1.64. The number of carbonyl (C=O) groups is 1. The van der Waals surface area contributed by atoms with E-state index in [1.807, 2.05) is 11.9 Å². The molecule has 1 aromatic carbocycles. The average Bonchev–Trinajstić information content (AvgIpc) is 2.77. The molecule has 0 saturated carbocycles. The van der Waals surface area contributed by atoms with Crippen molar-refractivity contribution in [3.8, 4) is 0 Å². The molecule has 0 fully saturated rings. The molecular weight excluding hydrogens is 221 g/mol. The summed E-state index contributed by atoms with van der Waals surface area (Å²) in [4.78, 5) is 11.8. The average molecular weight is 235 g/mol. The lowest BCUT2D eigenvalue weighted by Gasteiger charge is -2.14. The first-order valence-electron chi connectivity index (χ1n) is 5.54. The molecule has 1 N–H and O–H groups in total. The highest BCUT2D eigenvalue weighted by atomic mass is 19.1. The lowest BCUT2D eigenvalue weighted by Crippen LogP contribution is -2.39. The number of hydrogen-bond acceptors (Lipinski definition) is 3. The van der Waals surface area contributed by atoms with Gasteiger partial charge in [0.1, 0.15) is 5.82 Å². The Bertz CT molecular complexity index is 430. The second-order valence-electron chi connectivity index (χ2n) is 3.86. The summed E-state index contributed by atoms with van der Waals surface area (Å²) in [5, 5.41) is 8.83. The molecule has 5 heteroatoms. The van der Waals surface area contributed by atoms with Crippen LogP contribution in [0.2, 0.25) is 0 Å². The topological polar surface area (TPSA) is 44.7 Å². The lowest BCUT2D eigenvalue weighted by atomic mass is 10.2. The van der Waals surface area contributed by atoms with Crippen molar-refractivity contribution in [2.45, 2.75) is 13.0 Å². The Balaban J connectivity index is 1.94. The Morgan fingerprint density at radius 3 is 2.82 bits per heavy atom. The molecule has 0 radical (unpaired) electrons. The zero-order valence-corrected chi connectivity index (χ0v) is 9.56. The number of hydrogen-bond donors (Lipinski definition) is 1. The van der Waals surface area contributed by atoms with Crippen LogP contribution in [0.15, 0.2) is 29.4 Å². The van der Waals surface area contributed by atoms with Crippen LogP contribution in [0.4, 0.5) is 4.39 Å². The third kappa shape index (κ3) is 2.81. The standard InChI is InChI=1S/C12H14FN3O/c1-2-16-8-11(7-14-16)15-12(17)9-3-5-10(13)6-4-9/h3-7,11H,2,8H2,1H3,(H,15,17). The summed E-state index contributed by atoms with van der Waals surface area (Å²) in [6.07, 6.45) is 1.71. The van der Waals surface area contributed by atoms with E-state index in [0.717, 1.165) is 6.54 Å². The molecule has 0 aliphatic carbocycles. The Labute approximate surface area is 99.1 Å². The van der Waals surface area contributed by atoms with E-state index < -0.39 is 0 Å². The second kappa shape index (κ2) is 4.95. The second-order valence-corrected chi connectivity index (χ2v) is 3.86. The van der Waals surface area contributed by atoms with E-state index >= 15 is 0 Å². The van der Waals surface area contributed by atoms with E-state index in [2.05, 4.69) is 10.4 Å². The van der Waals surface area contributed by atoms with Crippen LogP contribution in [0, 0.1) is 5.82 Å². The van der Waals surface area contributed by atoms with E-state index in [1.54, 1.807) is 6.21 Å². The van der Waals surface area contributed by atoms with Gasteiger partial charge >= 0.3 is 0 Å². The molecule has 1 heterocycles. The number of amides is 1. The van der Waals surface area contributed by atoms with Crippen molar-refractivity contribution in [2.75, 3.05) is 13.1 Å². The van der Waals surface area contributed by atoms with Crippen molar-refractivity contribution < 1.29 is 9.18 Å². The van der Waals surface area contributed by atoms with Crippen LogP contribution in [-0.2, 0) is 0 Å². The van der Waals surface area contributed by atoms with Gasteiger partial charge in [-0.1, -0.05) is 0 Å². The summed E-state index contributed by atoms with van der Waals surface area (Å²) in [5.74, 6) is -0.555. The van der Waals surface area contributed by atoms with Gasteiger partial charge in [0, 0.05) is 18.3 Å². The fourth-order valence-corrected chi connectivity index (χ4v) is 1.64. The molecule has 2 rings (SSSR count). The zero-order chi connectivity index (χ0) is 12.3. The van der Waals surface area contributed by atoms with Crippen molar-refractivity contribution in [1.82, 2.24) is 10.3 Å². The number of nitrogens with one attached hydrogen (secondary N) is 1. The quantitative estimate of drug-likeness (QED) is 0.856. The van der Waals surface area contributed by atoms with Gasteiger partial charge in [-0.25, -0.2) is 4.39 Å². The van der Waals surface area contributed by atoms with Crippen molar-refractivity contribution in [1.29, 1.82) is 0 Å². The van der Waals surface area contributed by atoms with Crippen LogP contribution < -0.4 is 5.32 Å². The van der Waals surface area contributed by atoms with Crippen LogP contribution in [0.3, 0.4) is 0 Å². The third-order valence-electron chi connectivity index (χ3n) is 2.61. The normalized spacial score (nSPS) is 18.5. The smallest absolute Gasteiger partial charge is 0.251 e. The Kier molecular flexibility index (Phi) is 3.37. The lowest BCUT2D eigenvalue weighted by molar-refractivity contribution is 0.0944. The largest absolute Gasteiger partial charge is 0.342 e. The Morgan fingerprint density at radius 2 is 2.24 bits per heavy atom. The van der Waals surface area contributed by atoms with Gasteiger partial charge in [0.25, 0.3) is 5.91 Å². The molecule has 17 heavy (non-hydrogen) atoms. The number of nitrogens with zero attached hydrogens (tertiary/aromatic N) is 2. The van der Waals surface area contributed by atoms with Crippen molar-refractivity contribution in [3.05, 3.63) is 35.6 Å².